The zero-order valence-electron chi connectivity index (χ0n) is 13.3. The van der Waals surface area contributed by atoms with E-state index >= 15 is 0 Å². The Balaban J connectivity index is 2.39. The Kier molecular flexibility index (Phi) is 5.64. The maximum atomic E-state index is 2.31. The predicted molar refractivity (Wildman–Crippen MR) is 89.7 cm³/mol. The summed E-state index contributed by atoms with van der Waals surface area (Å²) in [5.74, 6) is 0. The van der Waals surface area contributed by atoms with Crippen LogP contribution < -0.4 is 0 Å². The van der Waals surface area contributed by atoms with Crippen LogP contribution >= 0.6 is 0 Å². The van der Waals surface area contributed by atoms with E-state index in [4.69, 9.17) is 0 Å². The minimum atomic E-state index is 1.20. The Morgan fingerprint density at radius 3 is 1.95 bits per heavy atom. The van der Waals surface area contributed by atoms with Crippen LogP contribution in [0, 0.1) is 0 Å². The van der Waals surface area contributed by atoms with Crippen LogP contribution in [0.15, 0.2) is 47.1 Å². The Morgan fingerprint density at radius 1 is 0.750 bits per heavy atom. The van der Waals surface area contributed by atoms with Gasteiger partial charge in [0.1, 0.15) is 0 Å². The summed E-state index contributed by atoms with van der Waals surface area (Å²) < 4.78 is 0. The first-order valence-corrected chi connectivity index (χ1v) is 8.30. The van der Waals surface area contributed by atoms with Crippen LogP contribution in [0.5, 0.6) is 0 Å². The number of rotatable bonds is 7. The van der Waals surface area contributed by atoms with Crippen molar-refractivity contribution >= 4 is 5.57 Å². The van der Waals surface area contributed by atoms with Gasteiger partial charge in [0.2, 0.25) is 0 Å². The van der Waals surface area contributed by atoms with Gasteiger partial charge in [-0.15, -0.1) is 0 Å². The standard InChI is InChI=1S/C20H28/c1-4-10-17-15-20(16-13-8-7-9-14-16)19(12-6-3)18(17)11-5-2/h7-9,13-14H,4-6,10-12,15H2,1-3H3. The summed E-state index contributed by atoms with van der Waals surface area (Å²) in [6, 6.07) is 11.0. The lowest BCUT2D eigenvalue weighted by Gasteiger charge is -2.11. The Bertz CT molecular complexity index is 488. The molecule has 0 radical (unpaired) electrons. The van der Waals surface area contributed by atoms with Gasteiger partial charge in [-0.1, -0.05) is 75.9 Å². The molecule has 0 bridgehead atoms. The third-order valence-corrected chi connectivity index (χ3v) is 4.22. The van der Waals surface area contributed by atoms with Crippen molar-refractivity contribution in [2.45, 2.75) is 65.7 Å². The molecule has 0 heterocycles. The van der Waals surface area contributed by atoms with Gasteiger partial charge >= 0.3 is 0 Å². The van der Waals surface area contributed by atoms with Crippen LogP contribution in [-0.2, 0) is 0 Å². The molecule has 0 atom stereocenters. The molecule has 0 fully saturated rings. The van der Waals surface area contributed by atoms with Crippen molar-refractivity contribution in [3.8, 4) is 0 Å². The molecule has 0 saturated carbocycles. The normalized spacial score (nSPS) is 15.3. The summed E-state index contributed by atoms with van der Waals surface area (Å²) in [5.41, 5.74) is 8.14. The summed E-state index contributed by atoms with van der Waals surface area (Å²) in [6.07, 6.45) is 8.76. The van der Waals surface area contributed by atoms with Crippen molar-refractivity contribution in [1.29, 1.82) is 0 Å². The molecular formula is C20H28. The fourth-order valence-corrected chi connectivity index (χ4v) is 3.41. The second-order valence-electron chi connectivity index (χ2n) is 5.83. The second kappa shape index (κ2) is 7.47. The lowest BCUT2D eigenvalue weighted by Crippen LogP contribution is -1.91. The van der Waals surface area contributed by atoms with E-state index in [1.807, 2.05) is 0 Å². The second-order valence-corrected chi connectivity index (χ2v) is 5.83. The van der Waals surface area contributed by atoms with E-state index < -0.39 is 0 Å². The van der Waals surface area contributed by atoms with E-state index in [0.717, 1.165) is 0 Å². The van der Waals surface area contributed by atoms with Gasteiger partial charge in [0.15, 0.2) is 0 Å². The van der Waals surface area contributed by atoms with E-state index in [2.05, 4.69) is 51.1 Å². The van der Waals surface area contributed by atoms with Gasteiger partial charge < -0.3 is 0 Å². The molecule has 0 aliphatic heterocycles. The molecule has 0 heteroatoms. The first kappa shape index (κ1) is 15.1. The zero-order chi connectivity index (χ0) is 14.4. The molecule has 1 aromatic carbocycles. The summed E-state index contributed by atoms with van der Waals surface area (Å²) >= 11 is 0. The van der Waals surface area contributed by atoms with Gasteiger partial charge in [-0.05, 0) is 48.0 Å². The lowest BCUT2D eigenvalue weighted by molar-refractivity contribution is 0.824. The molecule has 1 aromatic rings. The summed E-state index contributed by atoms with van der Waals surface area (Å²) in [7, 11) is 0. The van der Waals surface area contributed by atoms with Crippen molar-refractivity contribution in [1.82, 2.24) is 0 Å². The minimum Gasteiger partial charge on any atom is -0.0651 e. The Hall–Kier alpha value is -1.30. The molecule has 0 N–H and O–H groups in total. The highest BCUT2D eigenvalue weighted by Crippen LogP contribution is 2.43. The van der Waals surface area contributed by atoms with Crippen LogP contribution in [0.2, 0.25) is 0 Å². The molecule has 0 unspecified atom stereocenters. The van der Waals surface area contributed by atoms with Crippen LogP contribution in [0.1, 0.15) is 71.3 Å². The topological polar surface area (TPSA) is 0 Å². The van der Waals surface area contributed by atoms with E-state index in [1.54, 1.807) is 22.3 Å². The molecule has 1 aliphatic rings. The van der Waals surface area contributed by atoms with Gasteiger partial charge in [0.25, 0.3) is 0 Å². The molecule has 0 saturated heterocycles. The summed E-state index contributed by atoms with van der Waals surface area (Å²) in [5, 5.41) is 0. The smallest absolute Gasteiger partial charge is 0.00524 e. The predicted octanol–water partition coefficient (Wildman–Crippen LogP) is 6.54. The van der Waals surface area contributed by atoms with Crippen LogP contribution in [0.4, 0.5) is 0 Å². The molecule has 0 amide bonds. The molecule has 20 heavy (non-hydrogen) atoms. The average molecular weight is 268 g/mol. The quantitative estimate of drug-likeness (QED) is 0.526. The van der Waals surface area contributed by atoms with Gasteiger partial charge in [0, 0.05) is 0 Å². The third-order valence-electron chi connectivity index (χ3n) is 4.22. The van der Waals surface area contributed by atoms with Crippen molar-refractivity contribution in [3.05, 3.63) is 52.6 Å². The first-order chi connectivity index (χ1) is 9.81. The van der Waals surface area contributed by atoms with Crippen molar-refractivity contribution < 1.29 is 0 Å². The number of benzene rings is 1. The van der Waals surface area contributed by atoms with E-state index in [9.17, 15) is 0 Å². The van der Waals surface area contributed by atoms with Crippen molar-refractivity contribution in [2.24, 2.45) is 0 Å². The summed E-state index contributed by atoms with van der Waals surface area (Å²) in [4.78, 5) is 0. The molecule has 0 aromatic heterocycles. The maximum absolute atomic E-state index is 2.31. The van der Waals surface area contributed by atoms with Gasteiger partial charge in [-0.3, -0.25) is 0 Å². The highest BCUT2D eigenvalue weighted by molar-refractivity contribution is 5.78. The average Bonchev–Trinajstić information content (AvgIpc) is 2.80. The summed E-state index contributed by atoms with van der Waals surface area (Å²) in [6.45, 7) is 6.91. The molecule has 2 rings (SSSR count). The minimum absolute atomic E-state index is 1.20. The van der Waals surface area contributed by atoms with E-state index in [-0.39, 0.29) is 0 Å². The Labute approximate surface area is 124 Å². The number of allylic oxidation sites excluding steroid dienone is 4. The van der Waals surface area contributed by atoms with Gasteiger partial charge in [-0.2, -0.15) is 0 Å². The molecule has 108 valence electrons. The fourth-order valence-electron chi connectivity index (χ4n) is 3.41. The first-order valence-electron chi connectivity index (χ1n) is 8.30. The lowest BCUT2D eigenvalue weighted by atomic mass is 9.94. The van der Waals surface area contributed by atoms with Crippen molar-refractivity contribution in [3.63, 3.8) is 0 Å². The van der Waals surface area contributed by atoms with E-state index in [1.165, 1.54) is 50.5 Å². The third kappa shape index (κ3) is 3.23. The molecule has 1 aliphatic carbocycles. The monoisotopic (exact) mass is 268 g/mol. The van der Waals surface area contributed by atoms with Crippen LogP contribution in [0.25, 0.3) is 5.57 Å². The fraction of sp³-hybridized carbons (Fsp3) is 0.500. The van der Waals surface area contributed by atoms with Gasteiger partial charge in [0.05, 0.1) is 0 Å². The maximum Gasteiger partial charge on any atom is -0.00524 e. The SMILES string of the molecule is CCCC1=C(CCC)C(CCC)=C(c2ccccc2)C1. The molecule has 0 nitrogen and oxygen atoms in total. The zero-order valence-corrected chi connectivity index (χ0v) is 13.3. The number of hydrogen-bond acceptors (Lipinski definition) is 0. The highest BCUT2D eigenvalue weighted by atomic mass is 14.3. The van der Waals surface area contributed by atoms with Gasteiger partial charge in [-0.25, -0.2) is 0 Å². The van der Waals surface area contributed by atoms with E-state index in [0.29, 0.717) is 0 Å². The molecular weight excluding hydrogens is 240 g/mol. The Morgan fingerprint density at radius 2 is 1.35 bits per heavy atom. The largest absolute Gasteiger partial charge is 0.0651 e. The van der Waals surface area contributed by atoms with Crippen molar-refractivity contribution in [2.75, 3.05) is 0 Å². The molecule has 0 spiro atoms. The van der Waals surface area contributed by atoms with Crippen LogP contribution in [0.3, 0.4) is 0 Å². The highest BCUT2D eigenvalue weighted by Gasteiger charge is 2.23. The number of hydrogen-bond donors (Lipinski definition) is 0. The van der Waals surface area contributed by atoms with Crippen LogP contribution in [-0.4, -0.2) is 0 Å².